The summed E-state index contributed by atoms with van der Waals surface area (Å²) in [5.41, 5.74) is 0.874. The van der Waals surface area contributed by atoms with Crippen molar-refractivity contribution < 1.29 is 0 Å². The molecule has 0 aromatic rings. The molecule has 0 N–H and O–H groups in total. The molecule has 2 aliphatic carbocycles. The molecule has 0 nitrogen and oxygen atoms in total. The van der Waals surface area contributed by atoms with Crippen molar-refractivity contribution in [3.8, 4) is 0 Å². The van der Waals surface area contributed by atoms with E-state index in [-0.39, 0.29) is 0 Å². The molecule has 0 amide bonds. The Bertz CT molecular complexity index is 123. The minimum atomic E-state index is 0.874. The van der Waals surface area contributed by atoms with Crippen LogP contribution in [0.1, 0.15) is 58.3 Å². The minimum Gasteiger partial charge on any atom is -0.0651 e. The van der Waals surface area contributed by atoms with Crippen LogP contribution < -0.4 is 0 Å². The fraction of sp³-hybridized carbons (Fsp3) is 1.00. The monoisotopic (exact) mass is 152 g/mol. The first kappa shape index (κ1) is 7.64. The topological polar surface area (TPSA) is 0 Å². The van der Waals surface area contributed by atoms with Crippen molar-refractivity contribution in [3.05, 3.63) is 0 Å². The molecule has 0 atom stereocenters. The van der Waals surface area contributed by atoms with Gasteiger partial charge in [-0.1, -0.05) is 32.6 Å². The van der Waals surface area contributed by atoms with Crippen molar-refractivity contribution in [1.82, 2.24) is 0 Å². The Morgan fingerprint density at radius 1 is 1.09 bits per heavy atom. The van der Waals surface area contributed by atoms with E-state index in [4.69, 9.17) is 0 Å². The normalized spacial score (nSPS) is 30.3. The average molecular weight is 152 g/mol. The Kier molecular flexibility index (Phi) is 1.95. The van der Waals surface area contributed by atoms with Gasteiger partial charge in [-0.05, 0) is 37.0 Å². The van der Waals surface area contributed by atoms with E-state index in [1.807, 2.05) is 0 Å². The minimum absolute atomic E-state index is 0.874. The molecule has 0 heteroatoms. The van der Waals surface area contributed by atoms with Crippen LogP contribution in [0, 0.1) is 11.3 Å². The molecular formula is C11H20. The van der Waals surface area contributed by atoms with E-state index in [0.29, 0.717) is 0 Å². The predicted molar refractivity (Wildman–Crippen MR) is 48.5 cm³/mol. The van der Waals surface area contributed by atoms with E-state index in [1.54, 1.807) is 25.7 Å². The molecule has 0 saturated heterocycles. The SMILES string of the molecule is CCC1CC2(CCCCC2)C1. The van der Waals surface area contributed by atoms with Crippen molar-refractivity contribution in [2.24, 2.45) is 11.3 Å². The van der Waals surface area contributed by atoms with Gasteiger partial charge < -0.3 is 0 Å². The first-order valence-electron chi connectivity index (χ1n) is 5.35. The van der Waals surface area contributed by atoms with Crippen LogP contribution in [0.4, 0.5) is 0 Å². The highest BCUT2D eigenvalue weighted by molar-refractivity contribution is 4.94. The molecule has 0 aromatic heterocycles. The van der Waals surface area contributed by atoms with Gasteiger partial charge in [0.2, 0.25) is 0 Å². The lowest BCUT2D eigenvalue weighted by molar-refractivity contribution is 0.0133. The molecule has 0 aliphatic heterocycles. The molecule has 2 rings (SSSR count). The summed E-state index contributed by atoms with van der Waals surface area (Å²) >= 11 is 0. The summed E-state index contributed by atoms with van der Waals surface area (Å²) in [4.78, 5) is 0. The van der Waals surface area contributed by atoms with Gasteiger partial charge in [0.05, 0.1) is 0 Å². The fourth-order valence-corrected chi connectivity index (χ4v) is 3.16. The third kappa shape index (κ3) is 1.32. The van der Waals surface area contributed by atoms with Gasteiger partial charge in [0.15, 0.2) is 0 Å². The van der Waals surface area contributed by atoms with Crippen LogP contribution in [0.25, 0.3) is 0 Å². The third-order valence-electron chi connectivity index (χ3n) is 3.93. The van der Waals surface area contributed by atoms with Crippen LogP contribution in [-0.2, 0) is 0 Å². The Balaban J connectivity index is 1.84. The summed E-state index contributed by atoms with van der Waals surface area (Å²) in [6.45, 7) is 2.35. The van der Waals surface area contributed by atoms with Crippen LogP contribution in [0.2, 0.25) is 0 Å². The molecule has 2 aliphatic rings. The van der Waals surface area contributed by atoms with E-state index < -0.39 is 0 Å². The zero-order chi connectivity index (χ0) is 7.73. The largest absolute Gasteiger partial charge is 0.0651 e. The Morgan fingerprint density at radius 2 is 1.73 bits per heavy atom. The third-order valence-corrected chi connectivity index (χ3v) is 3.93. The maximum Gasteiger partial charge on any atom is -0.0292 e. The van der Waals surface area contributed by atoms with Gasteiger partial charge in [-0.25, -0.2) is 0 Å². The predicted octanol–water partition coefficient (Wildman–Crippen LogP) is 3.76. The lowest BCUT2D eigenvalue weighted by Crippen LogP contribution is -2.38. The number of hydrogen-bond donors (Lipinski definition) is 0. The Hall–Kier alpha value is 0. The van der Waals surface area contributed by atoms with Crippen LogP contribution in [0.5, 0.6) is 0 Å². The smallest absolute Gasteiger partial charge is 0.0292 e. The van der Waals surface area contributed by atoms with Crippen molar-refractivity contribution in [2.45, 2.75) is 58.3 Å². The quantitative estimate of drug-likeness (QED) is 0.536. The fourth-order valence-electron chi connectivity index (χ4n) is 3.16. The molecule has 1 spiro atoms. The standard InChI is InChI=1S/C11H20/c1-2-10-8-11(9-10)6-4-3-5-7-11/h10H,2-9H2,1H3. The van der Waals surface area contributed by atoms with Gasteiger partial charge in [-0.2, -0.15) is 0 Å². The highest BCUT2D eigenvalue weighted by Crippen LogP contribution is 2.55. The van der Waals surface area contributed by atoms with Gasteiger partial charge in [-0.15, -0.1) is 0 Å². The number of hydrogen-bond acceptors (Lipinski definition) is 0. The molecule has 0 aromatic carbocycles. The average Bonchev–Trinajstić information content (AvgIpc) is 2.01. The first-order valence-corrected chi connectivity index (χ1v) is 5.35. The summed E-state index contributed by atoms with van der Waals surface area (Å²) in [7, 11) is 0. The van der Waals surface area contributed by atoms with E-state index >= 15 is 0 Å². The molecule has 2 fully saturated rings. The molecule has 2 saturated carbocycles. The second kappa shape index (κ2) is 2.80. The van der Waals surface area contributed by atoms with Crippen molar-refractivity contribution in [3.63, 3.8) is 0 Å². The highest BCUT2D eigenvalue weighted by atomic mass is 14.5. The lowest BCUT2D eigenvalue weighted by Gasteiger charge is -2.50. The van der Waals surface area contributed by atoms with Gasteiger partial charge in [-0.3, -0.25) is 0 Å². The van der Waals surface area contributed by atoms with Crippen molar-refractivity contribution >= 4 is 0 Å². The Morgan fingerprint density at radius 3 is 2.27 bits per heavy atom. The summed E-state index contributed by atoms with van der Waals surface area (Å²) in [5.74, 6) is 1.10. The first-order chi connectivity index (χ1) is 5.35. The van der Waals surface area contributed by atoms with Gasteiger partial charge in [0, 0.05) is 0 Å². The Labute approximate surface area is 70.4 Å². The van der Waals surface area contributed by atoms with E-state index in [0.717, 1.165) is 11.3 Å². The second-order valence-corrected chi connectivity index (χ2v) is 4.74. The van der Waals surface area contributed by atoms with E-state index in [1.165, 1.54) is 25.7 Å². The van der Waals surface area contributed by atoms with Gasteiger partial charge in [0.25, 0.3) is 0 Å². The second-order valence-electron chi connectivity index (χ2n) is 4.74. The summed E-state index contributed by atoms with van der Waals surface area (Å²) in [6, 6.07) is 0. The van der Waals surface area contributed by atoms with Crippen molar-refractivity contribution in [2.75, 3.05) is 0 Å². The molecule has 64 valence electrons. The van der Waals surface area contributed by atoms with Gasteiger partial charge in [0.1, 0.15) is 0 Å². The lowest BCUT2D eigenvalue weighted by atomic mass is 9.55. The van der Waals surface area contributed by atoms with Crippen LogP contribution >= 0.6 is 0 Å². The molecule has 0 unspecified atom stereocenters. The van der Waals surface area contributed by atoms with E-state index in [9.17, 15) is 0 Å². The molecule has 0 heterocycles. The maximum absolute atomic E-state index is 2.35. The van der Waals surface area contributed by atoms with Crippen LogP contribution in [0.3, 0.4) is 0 Å². The molecular weight excluding hydrogens is 132 g/mol. The summed E-state index contributed by atoms with van der Waals surface area (Å²) in [6.07, 6.45) is 12.3. The zero-order valence-electron chi connectivity index (χ0n) is 7.73. The zero-order valence-corrected chi connectivity index (χ0v) is 7.73. The van der Waals surface area contributed by atoms with Crippen molar-refractivity contribution in [1.29, 1.82) is 0 Å². The van der Waals surface area contributed by atoms with Crippen LogP contribution in [0.15, 0.2) is 0 Å². The summed E-state index contributed by atoms with van der Waals surface area (Å²) in [5, 5.41) is 0. The molecule has 11 heavy (non-hydrogen) atoms. The number of rotatable bonds is 1. The van der Waals surface area contributed by atoms with Gasteiger partial charge >= 0.3 is 0 Å². The van der Waals surface area contributed by atoms with Crippen LogP contribution in [-0.4, -0.2) is 0 Å². The molecule has 0 bridgehead atoms. The van der Waals surface area contributed by atoms with E-state index in [2.05, 4.69) is 6.92 Å². The summed E-state index contributed by atoms with van der Waals surface area (Å²) < 4.78 is 0. The maximum atomic E-state index is 2.35. The molecule has 0 radical (unpaired) electrons. The highest BCUT2D eigenvalue weighted by Gasteiger charge is 2.42.